The molecule has 3 heterocycles. The van der Waals surface area contributed by atoms with E-state index in [2.05, 4.69) is 62.2 Å². The molecule has 3 N–H and O–H groups in total. The molecule has 13 nitrogen and oxygen atoms in total. The first-order valence-corrected chi connectivity index (χ1v) is 20.9. The number of nitriles is 1. The largest absolute Gasteiger partial charge is 0.490 e. The molecule has 4 fully saturated rings. The molecule has 2 aliphatic heterocycles. The number of nitrogens with zero attached hydrogens (tertiary/aromatic N) is 5. The standard InChI is InChI=1S/C44H53ClN8O5/c1-27(2)53(33-20-37(21-33)58-34-10-5-30(6-11-34)42(54)51-39-15-4-28(3)49-43(39)55)26-29-16-18-52(19-17-29)41-25-47-40(24-48-41)44(56)50-32-8-13-35(14-9-32)57-36-12-7-31(23-46)38(45)22-36/h5-7,10-12,22,24-25,27,29,32-33,35,37,39H,3-4,8-9,13-21,26H2,1-2H3,(H,49,55)(H,50,56)(H,51,54). The molecular formula is C44H53ClN8O5. The summed E-state index contributed by atoms with van der Waals surface area (Å²) in [6.07, 6.45) is 11.9. The van der Waals surface area contributed by atoms with Crippen molar-refractivity contribution in [1.29, 1.82) is 5.26 Å². The molecule has 2 saturated heterocycles. The van der Waals surface area contributed by atoms with E-state index in [0.717, 1.165) is 82.6 Å². The number of piperidine rings is 2. The van der Waals surface area contributed by atoms with Gasteiger partial charge < -0.3 is 30.3 Å². The molecule has 1 unspecified atom stereocenters. The SMILES string of the molecule is C=C1CCC(NC(=O)c2ccc(OC3CC(N(CC4CCN(c5cnc(C(=O)NC6CCC(Oc7ccc(C#N)c(Cl)c7)CC6)cn5)CC4)C(C)C)C3)cc2)C(=O)N1. The van der Waals surface area contributed by atoms with Crippen LogP contribution in [0.15, 0.2) is 67.1 Å². The van der Waals surface area contributed by atoms with Gasteiger partial charge in [-0.1, -0.05) is 18.2 Å². The van der Waals surface area contributed by atoms with E-state index in [1.54, 1.807) is 42.7 Å². The van der Waals surface area contributed by atoms with Crippen molar-refractivity contribution in [3.05, 3.63) is 89.0 Å². The average molecular weight is 809 g/mol. The summed E-state index contributed by atoms with van der Waals surface area (Å²) in [6.45, 7) is 11.2. The highest BCUT2D eigenvalue weighted by molar-refractivity contribution is 6.31. The molecule has 2 saturated carbocycles. The maximum Gasteiger partial charge on any atom is 0.271 e. The van der Waals surface area contributed by atoms with Crippen molar-refractivity contribution in [2.45, 2.75) is 114 Å². The number of benzene rings is 2. The van der Waals surface area contributed by atoms with Gasteiger partial charge in [0.25, 0.3) is 11.8 Å². The monoisotopic (exact) mass is 808 g/mol. The fourth-order valence-electron chi connectivity index (χ4n) is 8.40. The molecule has 7 rings (SSSR count). The lowest BCUT2D eigenvalue weighted by atomic mass is 9.85. The second kappa shape index (κ2) is 18.6. The summed E-state index contributed by atoms with van der Waals surface area (Å²) in [6, 6.07) is 14.7. The Bertz CT molecular complexity index is 1980. The van der Waals surface area contributed by atoms with Gasteiger partial charge >= 0.3 is 0 Å². The third kappa shape index (κ3) is 10.3. The fraction of sp³-hybridized carbons (Fsp3) is 0.500. The second-order valence-electron chi connectivity index (χ2n) is 16.3. The van der Waals surface area contributed by atoms with Crippen molar-refractivity contribution >= 4 is 35.1 Å². The molecule has 0 bridgehead atoms. The molecule has 0 radical (unpaired) electrons. The Labute approximate surface area is 345 Å². The Morgan fingerprint density at radius 1 is 0.948 bits per heavy atom. The Morgan fingerprint density at radius 2 is 1.66 bits per heavy atom. The summed E-state index contributed by atoms with van der Waals surface area (Å²) in [5, 5.41) is 18.1. The average Bonchev–Trinajstić information content (AvgIpc) is 3.20. The Balaban J connectivity index is 0.801. The number of rotatable bonds is 13. The molecular weight excluding hydrogens is 756 g/mol. The molecule has 2 aliphatic carbocycles. The zero-order valence-corrected chi connectivity index (χ0v) is 34.0. The maximum absolute atomic E-state index is 13.0. The van der Waals surface area contributed by atoms with Crippen LogP contribution < -0.4 is 30.3 Å². The summed E-state index contributed by atoms with van der Waals surface area (Å²) in [5.41, 5.74) is 1.91. The molecule has 1 aromatic heterocycles. The molecule has 0 spiro atoms. The highest BCUT2D eigenvalue weighted by Gasteiger charge is 2.38. The number of allylic oxidation sites excluding steroid dienone is 1. The highest BCUT2D eigenvalue weighted by atomic mass is 35.5. The number of amides is 3. The Morgan fingerprint density at radius 3 is 2.29 bits per heavy atom. The van der Waals surface area contributed by atoms with Crippen LogP contribution >= 0.6 is 11.6 Å². The number of hydrogen-bond acceptors (Lipinski definition) is 10. The minimum Gasteiger partial charge on any atom is -0.490 e. The predicted octanol–water partition coefficient (Wildman–Crippen LogP) is 6.18. The molecule has 306 valence electrons. The summed E-state index contributed by atoms with van der Waals surface area (Å²) in [4.78, 5) is 52.0. The van der Waals surface area contributed by atoms with E-state index < -0.39 is 6.04 Å². The van der Waals surface area contributed by atoms with Gasteiger partial charge in [0.1, 0.15) is 41.2 Å². The van der Waals surface area contributed by atoms with Crippen LogP contribution in [0.1, 0.15) is 104 Å². The zero-order valence-electron chi connectivity index (χ0n) is 33.3. The lowest BCUT2D eigenvalue weighted by Gasteiger charge is -2.46. The van der Waals surface area contributed by atoms with Crippen LogP contribution in [0.4, 0.5) is 5.82 Å². The minimum absolute atomic E-state index is 0.0288. The third-order valence-electron chi connectivity index (χ3n) is 11.9. The van der Waals surface area contributed by atoms with Crippen LogP contribution in [0.2, 0.25) is 5.02 Å². The number of nitrogens with one attached hydrogen (secondary N) is 3. The number of anilines is 1. The number of ether oxygens (including phenoxy) is 2. The van der Waals surface area contributed by atoms with Crippen LogP contribution in [-0.4, -0.2) is 88.6 Å². The van der Waals surface area contributed by atoms with Gasteiger partial charge in [-0.05, 0) is 108 Å². The van der Waals surface area contributed by atoms with E-state index in [1.807, 2.05) is 12.1 Å². The Hall–Kier alpha value is -5.19. The predicted molar refractivity (Wildman–Crippen MR) is 221 cm³/mol. The lowest BCUT2D eigenvalue weighted by molar-refractivity contribution is -0.123. The van der Waals surface area contributed by atoms with Gasteiger partial charge in [-0.2, -0.15) is 5.26 Å². The number of carbonyl (C=O) groups is 3. The molecule has 14 heteroatoms. The van der Waals surface area contributed by atoms with Gasteiger partial charge in [0.05, 0.1) is 29.1 Å². The molecule has 2 aromatic carbocycles. The number of carbonyl (C=O) groups excluding carboxylic acids is 3. The molecule has 3 aromatic rings. The molecule has 58 heavy (non-hydrogen) atoms. The fourth-order valence-corrected chi connectivity index (χ4v) is 8.61. The van der Waals surface area contributed by atoms with Crippen molar-refractivity contribution < 1.29 is 23.9 Å². The van der Waals surface area contributed by atoms with Gasteiger partial charge in [-0.3, -0.25) is 19.3 Å². The first-order valence-electron chi connectivity index (χ1n) is 20.6. The smallest absolute Gasteiger partial charge is 0.271 e. The Kier molecular flexibility index (Phi) is 13.1. The van der Waals surface area contributed by atoms with Gasteiger partial charge in [-0.15, -0.1) is 0 Å². The topological polar surface area (TPSA) is 162 Å². The first kappa shape index (κ1) is 41.0. The number of aromatic nitrogens is 2. The second-order valence-corrected chi connectivity index (χ2v) is 16.8. The van der Waals surface area contributed by atoms with Crippen molar-refractivity contribution in [2.24, 2.45) is 5.92 Å². The number of halogens is 1. The minimum atomic E-state index is -0.555. The van der Waals surface area contributed by atoms with E-state index in [1.165, 1.54) is 0 Å². The van der Waals surface area contributed by atoms with Crippen LogP contribution in [0.25, 0.3) is 0 Å². The summed E-state index contributed by atoms with van der Waals surface area (Å²) in [5.74, 6) is 2.05. The van der Waals surface area contributed by atoms with Crippen LogP contribution in [0.5, 0.6) is 11.5 Å². The quantitative estimate of drug-likeness (QED) is 0.182. The lowest BCUT2D eigenvalue weighted by Crippen LogP contribution is -2.53. The van der Waals surface area contributed by atoms with Gasteiger partial charge in [-0.25, -0.2) is 9.97 Å². The van der Waals surface area contributed by atoms with E-state index in [9.17, 15) is 14.4 Å². The highest BCUT2D eigenvalue weighted by Crippen LogP contribution is 2.34. The third-order valence-corrected chi connectivity index (χ3v) is 12.2. The van der Waals surface area contributed by atoms with Crippen LogP contribution in [0, 0.1) is 17.2 Å². The summed E-state index contributed by atoms with van der Waals surface area (Å²) >= 11 is 6.15. The van der Waals surface area contributed by atoms with Gasteiger partial charge in [0.15, 0.2) is 0 Å². The van der Waals surface area contributed by atoms with E-state index >= 15 is 0 Å². The van der Waals surface area contributed by atoms with Crippen LogP contribution in [0.3, 0.4) is 0 Å². The number of hydrogen-bond donors (Lipinski definition) is 3. The van der Waals surface area contributed by atoms with Crippen molar-refractivity contribution in [1.82, 2.24) is 30.8 Å². The van der Waals surface area contributed by atoms with Crippen molar-refractivity contribution in [3.8, 4) is 17.6 Å². The van der Waals surface area contributed by atoms with Crippen LogP contribution in [-0.2, 0) is 4.79 Å². The first-order chi connectivity index (χ1) is 28.0. The van der Waals surface area contributed by atoms with Gasteiger partial charge in [0.2, 0.25) is 5.91 Å². The maximum atomic E-state index is 13.0. The van der Waals surface area contributed by atoms with E-state index in [0.29, 0.717) is 64.1 Å². The summed E-state index contributed by atoms with van der Waals surface area (Å²) in [7, 11) is 0. The van der Waals surface area contributed by atoms with Gasteiger partial charge in [0, 0.05) is 67.9 Å². The van der Waals surface area contributed by atoms with E-state index in [-0.39, 0.29) is 36.0 Å². The molecule has 4 aliphatic rings. The van der Waals surface area contributed by atoms with E-state index in [4.69, 9.17) is 26.3 Å². The molecule has 3 amide bonds. The normalized spacial score (nSPS) is 23.7. The summed E-state index contributed by atoms with van der Waals surface area (Å²) < 4.78 is 12.4. The zero-order chi connectivity index (χ0) is 40.8. The van der Waals surface area contributed by atoms with Crippen molar-refractivity contribution in [2.75, 3.05) is 24.5 Å². The van der Waals surface area contributed by atoms with Crippen molar-refractivity contribution in [3.63, 3.8) is 0 Å². The molecule has 1 atom stereocenters.